The van der Waals surface area contributed by atoms with Crippen LogP contribution in [0.1, 0.15) is 38.5 Å². The first kappa shape index (κ1) is 18.7. The molecule has 1 aromatic rings. The fourth-order valence-electron chi connectivity index (χ4n) is 6.33. The molecule has 152 valence electrons. The summed E-state index contributed by atoms with van der Waals surface area (Å²) >= 11 is 2.82. The zero-order valence-corrected chi connectivity index (χ0v) is 17.6. The Morgan fingerprint density at radius 1 is 1.04 bits per heavy atom. The van der Waals surface area contributed by atoms with Crippen molar-refractivity contribution in [1.29, 1.82) is 0 Å². The van der Waals surface area contributed by atoms with Crippen molar-refractivity contribution in [2.24, 2.45) is 28.9 Å². The molecule has 9 heteroatoms. The Morgan fingerprint density at radius 3 is 2.21 bits per heavy atom. The van der Waals surface area contributed by atoms with Gasteiger partial charge in [0.15, 0.2) is 4.34 Å². The third-order valence-electron chi connectivity index (χ3n) is 7.06. The predicted molar refractivity (Wildman–Crippen MR) is 109 cm³/mol. The molecule has 1 saturated heterocycles. The molecular formula is C19H27N5O2S2. The summed E-state index contributed by atoms with van der Waals surface area (Å²) in [6.45, 7) is 3.13. The third kappa shape index (κ3) is 3.40. The van der Waals surface area contributed by atoms with Crippen molar-refractivity contribution in [3.63, 3.8) is 0 Å². The maximum Gasteiger partial charge on any atom is 0.228 e. The Labute approximate surface area is 173 Å². The van der Waals surface area contributed by atoms with Crippen LogP contribution in [0.5, 0.6) is 0 Å². The van der Waals surface area contributed by atoms with Crippen LogP contribution in [0.15, 0.2) is 4.34 Å². The van der Waals surface area contributed by atoms with E-state index in [4.69, 9.17) is 5.73 Å². The molecule has 5 fully saturated rings. The van der Waals surface area contributed by atoms with Gasteiger partial charge in [-0.1, -0.05) is 23.1 Å². The van der Waals surface area contributed by atoms with Crippen LogP contribution < -0.4 is 10.6 Å². The summed E-state index contributed by atoms with van der Waals surface area (Å²) < 4.78 is 0.765. The quantitative estimate of drug-likeness (QED) is 0.731. The van der Waals surface area contributed by atoms with Gasteiger partial charge in [-0.3, -0.25) is 9.59 Å². The summed E-state index contributed by atoms with van der Waals surface area (Å²) in [5.41, 5.74) is 5.15. The van der Waals surface area contributed by atoms with E-state index < -0.39 is 0 Å². The number of nitrogens with zero attached hydrogens (tertiary/aromatic N) is 4. The summed E-state index contributed by atoms with van der Waals surface area (Å²) in [6, 6.07) is 0. The van der Waals surface area contributed by atoms with Crippen LogP contribution in [-0.2, 0) is 9.59 Å². The van der Waals surface area contributed by atoms with E-state index in [1.807, 2.05) is 0 Å². The number of piperazine rings is 1. The van der Waals surface area contributed by atoms with Gasteiger partial charge in [-0.05, 0) is 56.3 Å². The fourth-order valence-corrected chi connectivity index (χ4v) is 7.96. The van der Waals surface area contributed by atoms with Crippen molar-refractivity contribution >= 4 is 40.0 Å². The Bertz CT molecular complexity index is 739. The highest BCUT2D eigenvalue weighted by molar-refractivity contribution is 8.01. The van der Waals surface area contributed by atoms with Crippen LogP contribution in [0.2, 0.25) is 0 Å². The van der Waals surface area contributed by atoms with E-state index in [0.717, 1.165) is 72.7 Å². The average Bonchev–Trinajstić information content (AvgIpc) is 3.14. The molecular weight excluding hydrogens is 394 g/mol. The number of amides is 2. The number of rotatable bonds is 5. The minimum absolute atomic E-state index is 0.0434. The smallest absolute Gasteiger partial charge is 0.228 e. The minimum Gasteiger partial charge on any atom is -0.369 e. The van der Waals surface area contributed by atoms with Gasteiger partial charge in [0, 0.05) is 26.2 Å². The summed E-state index contributed by atoms with van der Waals surface area (Å²) in [7, 11) is 0. The highest BCUT2D eigenvalue weighted by Gasteiger charge is 2.55. The fraction of sp³-hybridized carbons (Fsp3) is 0.789. The van der Waals surface area contributed by atoms with Crippen molar-refractivity contribution < 1.29 is 9.59 Å². The van der Waals surface area contributed by atoms with E-state index in [1.165, 1.54) is 42.4 Å². The number of primary amides is 1. The molecule has 6 rings (SSSR count). The number of carbonyl (C=O) groups is 2. The Kier molecular flexibility index (Phi) is 4.77. The molecule has 1 aliphatic heterocycles. The van der Waals surface area contributed by atoms with E-state index in [-0.39, 0.29) is 17.1 Å². The lowest BCUT2D eigenvalue weighted by Crippen LogP contribution is -2.58. The summed E-state index contributed by atoms with van der Waals surface area (Å²) in [4.78, 5) is 28.7. The number of nitrogens with two attached hydrogens (primary N) is 1. The Morgan fingerprint density at radius 2 is 1.64 bits per heavy atom. The molecule has 2 amide bonds. The minimum atomic E-state index is -0.349. The van der Waals surface area contributed by atoms with Gasteiger partial charge in [0.2, 0.25) is 16.9 Å². The molecule has 2 N–H and O–H groups in total. The average molecular weight is 422 g/mol. The van der Waals surface area contributed by atoms with Crippen LogP contribution >= 0.6 is 23.1 Å². The topological polar surface area (TPSA) is 92.4 Å². The molecule has 28 heavy (non-hydrogen) atoms. The largest absolute Gasteiger partial charge is 0.369 e. The molecule has 0 unspecified atom stereocenters. The van der Waals surface area contributed by atoms with Crippen LogP contribution in [0, 0.1) is 23.2 Å². The van der Waals surface area contributed by atoms with Crippen molar-refractivity contribution in [2.75, 3.05) is 36.8 Å². The number of anilines is 1. The van der Waals surface area contributed by atoms with Gasteiger partial charge in [0.1, 0.15) is 0 Å². The van der Waals surface area contributed by atoms with E-state index in [9.17, 15) is 9.59 Å². The second kappa shape index (κ2) is 7.16. The van der Waals surface area contributed by atoms with Crippen LogP contribution in [-0.4, -0.2) is 58.8 Å². The normalized spacial score (nSPS) is 34.1. The standard InChI is InChI=1S/C19H27N5O2S2/c20-15(25)11-27-18-22-21-17(28-18)24-3-1-23(2-4-24)16(26)19-8-12-5-13(9-19)7-14(6-12)10-19/h12-14H,1-11H2,(H2,20,25). The number of hydrogen-bond donors (Lipinski definition) is 1. The SMILES string of the molecule is NC(=O)CSc1nnc(N2CCN(C(=O)C34CC5CC(CC(C5)C3)C4)CC2)s1. The highest BCUT2D eigenvalue weighted by atomic mass is 32.2. The van der Waals surface area contributed by atoms with E-state index in [1.54, 1.807) is 0 Å². The monoisotopic (exact) mass is 421 g/mol. The van der Waals surface area contributed by atoms with Gasteiger partial charge in [-0.2, -0.15) is 0 Å². The first-order valence-corrected chi connectivity index (χ1v) is 12.1. The molecule has 4 saturated carbocycles. The van der Waals surface area contributed by atoms with Crippen molar-refractivity contribution in [3.8, 4) is 0 Å². The molecule has 4 bridgehead atoms. The summed E-state index contributed by atoms with van der Waals surface area (Å²) in [5.74, 6) is 2.71. The van der Waals surface area contributed by atoms with Gasteiger partial charge in [-0.15, -0.1) is 10.2 Å². The summed E-state index contributed by atoms with van der Waals surface area (Å²) in [5, 5.41) is 9.28. The number of hydrogen-bond acceptors (Lipinski definition) is 7. The predicted octanol–water partition coefficient (Wildman–Crippen LogP) is 1.98. The van der Waals surface area contributed by atoms with Crippen LogP contribution in [0.25, 0.3) is 0 Å². The van der Waals surface area contributed by atoms with Crippen LogP contribution in [0.4, 0.5) is 5.13 Å². The first-order chi connectivity index (χ1) is 13.5. The molecule has 5 aliphatic rings. The molecule has 0 atom stereocenters. The first-order valence-electron chi connectivity index (χ1n) is 10.3. The maximum atomic E-state index is 13.5. The van der Waals surface area contributed by atoms with Gasteiger partial charge in [-0.25, -0.2) is 0 Å². The maximum absolute atomic E-state index is 13.5. The van der Waals surface area contributed by atoms with Gasteiger partial charge < -0.3 is 15.5 Å². The molecule has 2 heterocycles. The lowest BCUT2D eigenvalue weighted by atomic mass is 9.49. The molecule has 0 aromatic carbocycles. The molecule has 7 nitrogen and oxygen atoms in total. The molecule has 0 spiro atoms. The summed E-state index contributed by atoms with van der Waals surface area (Å²) in [6.07, 6.45) is 7.51. The van der Waals surface area contributed by atoms with Crippen molar-refractivity contribution in [2.45, 2.75) is 42.9 Å². The number of carbonyl (C=O) groups excluding carboxylic acids is 2. The van der Waals surface area contributed by atoms with Gasteiger partial charge >= 0.3 is 0 Å². The van der Waals surface area contributed by atoms with E-state index in [0.29, 0.717) is 5.91 Å². The Hall–Kier alpha value is -1.35. The van der Waals surface area contributed by atoms with Crippen LogP contribution in [0.3, 0.4) is 0 Å². The molecule has 4 aliphatic carbocycles. The third-order valence-corrected chi connectivity index (χ3v) is 9.20. The lowest BCUT2D eigenvalue weighted by molar-refractivity contribution is -0.158. The second-order valence-corrected chi connectivity index (χ2v) is 11.3. The zero-order valence-electron chi connectivity index (χ0n) is 16.0. The highest BCUT2D eigenvalue weighted by Crippen LogP contribution is 2.60. The molecule has 0 radical (unpaired) electrons. The van der Waals surface area contributed by atoms with Gasteiger partial charge in [0.05, 0.1) is 11.2 Å². The van der Waals surface area contributed by atoms with Gasteiger partial charge in [0.25, 0.3) is 0 Å². The second-order valence-electron chi connectivity index (χ2n) is 9.08. The number of aromatic nitrogens is 2. The Balaban J connectivity index is 1.19. The zero-order chi connectivity index (χ0) is 19.3. The number of thioether (sulfide) groups is 1. The molecule has 1 aromatic heterocycles. The van der Waals surface area contributed by atoms with Crippen molar-refractivity contribution in [1.82, 2.24) is 15.1 Å². The van der Waals surface area contributed by atoms with E-state index in [2.05, 4.69) is 20.0 Å². The van der Waals surface area contributed by atoms with Crippen molar-refractivity contribution in [3.05, 3.63) is 0 Å². The van der Waals surface area contributed by atoms with E-state index >= 15 is 0 Å². The lowest BCUT2D eigenvalue weighted by Gasteiger charge is -2.57.